The predicted molar refractivity (Wildman–Crippen MR) is 76.4 cm³/mol. The highest BCUT2D eigenvalue weighted by Gasteiger charge is 2.20. The van der Waals surface area contributed by atoms with E-state index in [1.54, 1.807) is 6.07 Å². The fourth-order valence-corrected chi connectivity index (χ4v) is 2.33. The Morgan fingerprint density at radius 1 is 1.30 bits per heavy atom. The van der Waals surface area contributed by atoms with Gasteiger partial charge in [0.05, 0.1) is 5.92 Å². The zero-order valence-corrected chi connectivity index (χ0v) is 12.2. The molecule has 0 saturated heterocycles. The molecule has 1 aromatic carbocycles. The highest BCUT2D eigenvalue weighted by molar-refractivity contribution is 5.70. The topological polar surface area (TPSA) is 57.5 Å². The summed E-state index contributed by atoms with van der Waals surface area (Å²) in [6, 6.07) is 2.95. The Labute approximate surface area is 119 Å². The summed E-state index contributed by atoms with van der Waals surface area (Å²) in [4.78, 5) is 11.1. The molecule has 1 rings (SSSR count). The summed E-state index contributed by atoms with van der Waals surface area (Å²) in [6.45, 7) is 3.88. The number of phenols is 1. The van der Waals surface area contributed by atoms with Crippen LogP contribution in [-0.2, 0) is 17.6 Å². The molecule has 4 heteroatoms. The monoisotopic (exact) mass is 282 g/mol. The molecule has 2 N–H and O–H groups in total. The van der Waals surface area contributed by atoms with Crippen molar-refractivity contribution in [2.45, 2.75) is 52.4 Å². The van der Waals surface area contributed by atoms with Crippen LogP contribution in [-0.4, -0.2) is 16.2 Å². The molecule has 0 aliphatic heterocycles. The van der Waals surface area contributed by atoms with Crippen molar-refractivity contribution >= 4 is 5.97 Å². The lowest BCUT2D eigenvalue weighted by Gasteiger charge is -2.15. The number of aromatic hydroxyl groups is 1. The average Bonchev–Trinajstić information content (AvgIpc) is 2.42. The molecule has 3 nitrogen and oxygen atoms in total. The van der Waals surface area contributed by atoms with E-state index in [9.17, 15) is 14.3 Å². The zero-order valence-electron chi connectivity index (χ0n) is 12.2. The normalized spacial score (nSPS) is 12.3. The van der Waals surface area contributed by atoms with Gasteiger partial charge in [0, 0.05) is 0 Å². The van der Waals surface area contributed by atoms with Crippen LogP contribution in [0.5, 0.6) is 5.75 Å². The van der Waals surface area contributed by atoms with Crippen LogP contribution in [0.4, 0.5) is 4.39 Å². The van der Waals surface area contributed by atoms with Crippen molar-refractivity contribution in [2.24, 2.45) is 5.92 Å². The van der Waals surface area contributed by atoms with Crippen LogP contribution in [0.2, 0.25) is 0 Å². The Balaban J connectivity index is 2.99. The number of benzene rings is 1. The van der Waals surface area contributed by atoms with E-state index >= 15 is 0 Å². The lowest BCUT2D eigenvalue weighted by Crippen LogP contribution is -2.16. The average molecular weight is 282 g/mol. The Morgan fingerprint density at radius 3 is 2.55 bits per heavy atom. The summed E-state index contributed by atoms with van der Waals surface area (Å²) in [7, 11) is 0. The quantitative estimate of drug-likeness (QED) is 0.710. The van der Waals surface area contributed by atoms with Gasteiger partial charge in [-0.15, -0.1) is 0 Å². The van der Waals surface area contributed by atoms with Crippen molar-refractivity contribution in [3.8, 4) is 5.75 Å². The number of carboxylic acids is 1. The largest absolute Gasteiger partial charge is 0.505 e. The van der Waals surface area contributed by atoms with Gasteiger partial charge in [0.25, 0.3) is 0 Å². The molecule has 1 aromatic rings. The molecule has 0 spiro atoms. The first-order chi connectivity index (χ1) is 9.51. The highest BCUT2D eigenvalue weighted by Crippen LogP contribution is 2.27. The van der Waals surface area contributed by atoms with E-state index in [0.29, 0.717) is 30.4 Å². The third kappa shape index (κ3) is 4.22. The minimum atomic E-state index is -0.861. The summed E-state index contributed by atoms with van der Waals surface area (Å²) in [5.41, 5.74) is 1.17. The third-order valence-electron chi connectivity index (χ3n) is 3.66. The van der Waals surface area contributed by atoms with E-state index in [1.165, 1.54) is 6.07 Å². The van der Waals surface area contributed by atoms with Crippen LogP contribution in [0.25, 0.3) is 0 Å². The van der Waals surface area contributed by atoms with Gasteiger partial charge in [-0.3, -0.25) is 4.79 Å². The van der Waals surface area contributed by atoms with Crippen LogP contribution >= 0.6 is 0 Å². The van der Waals surface area contributed by atoms with E-state index in [4.69, 9.17) is 5.11 Å². The second kappa shape index (κ2) is 7.88. The molecule has 0 aliphatic rings. The standard InChI is InChI=1S/C16H23FO3/c1-3-5-6-7-13-12(8-9-14(18)15(13)17)10-11(4-2)16(19)20/h8-9,11,18H,3-7,10H2,1-2H3,(H,19,20). The molecule has 0 heterocycles. The fourth-order valence-electron chi connectivity index (χ4n) is 2.33. The van der Waals surface area contributed by atoms with Gasteiger partial charge < -0.3 is 10.2 Å². The van der Waals surface area contributed by atoms with Crippen LogP contribution in [0.1, 0.15) is 50.7 Å². The minimum absolute atomic E-state index is 0.310. The van der Waals surface area contributed by atoms with Crippen molar-refractivity contribution in [1.29, 1.82) is 0 Å². The lowest BCUT2D eigenvalue weighted by atomic mass is 9.91. The maximum Gasteiger partial charge on any atom is 0.306 e. The molecule has 0 radical (unpaired) electrons. The second-order valence-corrected chi connectivity index (χ2v) is 5.14. The molecule has 1 unspecified atom stereocenters. The number of unbranched alkanes of at least 4 members (excludes halogenated alkanes) is 2. The van der Waals surface area contributed by atoms with Crippen molar-refractivity contribution in [1.82, 2.24) is 0 Å². The van der Waals surface area contributed by atoms with Crippen LogP contribution in [0.15, 0.2) is 12.1 Å². The molecule has 0 bridgehead atoms. The molecule has 112 valence electrons. The van der Waals surface area contributed by atoms with E-state index in [1.807, 2.05) is 6.92 Å². The van der Waals surface area contributed by atoms with Gasteiger partial charge in [0.2, 0.25) is 0 Å². The number of carboxylic acid groups (broad SMARTS) is 1. The molecule has 0 aliphatic carbocycles. The highest BCUT2D eigenvalue weighted by atomic mass is 19.1. The molecular weight excluding hydrogens is 259 g/mol. The molecule has 1 atom stereocenters. The summed E-state index contributed by atoms with van der Waals surface area (Å²) < 4.78 is 14.0. The number of phenolic OH excluding ortho intramolecular Hbond substituents is 1. The van der Waals surface area contributed by atoms with E-state index in [-0.39, 0.29) is 5.75 Å². The summed E-state index contributed by atoms with van der Waals surface area (Å²) >= 11 is 0. The predicted octanol–water partition coefficient (Wildman–Crippen LogP) is 3.92. The Bertz CT molecular complexity index is 457. The summed E-state index contributed by atoms with van der Waals surface area (Å²) in [6.07, 6.45) is 4.22. The van der Waals surface area contributed by atoms with Crippen molar-refractivity contribution in [3.05, 3.63) is 29.1 Å². The fraction of sp³-hybridized carbons (Fsp3) is 0.562. The van der Waals surface area contributed by atoms with Crippen LogP contribution in [0.3, 0.4) is 0 Å². The van der Waals surface area contributed by atoms with Crippen molar-refractivity contribution in [2.75, 3.05) is 0 Å². The van der Waals surface area contributed by atoms with Gasteiger partial charge in [-0.05, 0) is 42.9 Å². The van der Waals surface area contributed by atoms with Crippen molar-refractivity contribution in [3.63, 3.8) is 0 Å². The van der Waals surface area contributed by atoms with Crippen LogP contribution in [0, 0.1) is 11.7 Å². The van der Waals surface area contributed by atoms with Gasteiger partial charge in [0.15, 0.2) is 11.6 Å². The zero-order chi connectivity index (χ0) is 15.1. The smallest absolute Gasteiger partial charge is 0.306 e. The first kappa shape index (κ1) is 16.5. The van der Waals surface area contributed by atoms with E-state index in [2.05, 4.69) is 6.92 Å². The molecule has 0 saturated carbocycles. The van der Waals surface area contributed by atoms with Crippen LogP contribution < -0.4 is 0 Å². The number of rotatable bonds is 8. The van der Waals surface area contributed by atoms with E-state index in [0.717, 1.165) is 19.3 Å². The minimum Gasteiger partial charge on any atom is -0.505 e. The second-order valence-electron chi connectivity index (χ2n) is 5.14. The molecular formula is C16H23FO3. The number of aliphatic carboxylic acids is 1. The molecule has 0 aromatic heterocycles. The lowest BCUT2D eigenvalue weighted by molar-refractivity contribution is -0.141. The number of hydrogen-bond donors (Lipinski definition) is 2. The number of halogens is 1. The number of carbonyl (C=O) groups is 1. The number of hydrogen-bond acceptors (Lipinski definition) is 2. The summed E-state index contributed by atoms with van der Waals surface area (Å²) in [5, 5.41) is 18.6. The van der Waals surface area contributed by atoms with E-state index < -0.39 is 17.7 Å². The van der Waals surface area contributed by atoms with Gasteiger partial charge in [-0.25, -0.2) is 4.39 Å². The third-order valence-corrected chi connectivity index (χ3v) is 3.66. The SMILES string of the molecule is CCCCCc1c(CC(CC)C(=O)O)ccc(O)c1F. The Morgan fingerprint density at radius 2 is 2.00 bits per heavy atom. The van der Waals surface area contributed by atoms with Gasteiger partial charge in [-0.2, -0.15) is 0 Å². The van der Waals surface area contributed by atoms with Crippen molar-refractivity contribution < 1.29 is 19.4 Å². The van der Waals surface area contributed by atoms with Gasteiger partial charge in [-0.1, -0.05) is 32.8 Å². The summed E-state index contributed by atoms with van der Waals surface area (Å²) in [5.74, 6) is -2.33. The Hall–Kier alpha value is -1.58. The maximum absolute atomic E-state index is 14.0. The molecule has 20 heavy (non-hydrogen) atoms. The molecule has 0 fully saturated rings. The molecule has 0 amide bonds. The van der Waals surface area contributed by atoms with Gasteiger partial charge >= 0.3 is 5.97 Å². The first-order valence-corrected chi connectivity index (χ1v) is 7.23. The Kier molecular flexibility index (Phi) is 6.49. The first-order valence-electron chi connectivity index (χ1n) is 7.23. The maximum atomic E-state index is 14.0. The van der Waals surface area contributed by atoms with Gasteiger partial charge in [0.1, 0.15) is 0 Å².